The van der Waals surface area contributed by atoms with E-state index in [1.807, 2.05) is 12.1 Å². The van der Waals surface area contributed by atoms with E-state index >= 15 is 0 Å². The Labute approximate surface area is 168 Å². The molecule has 28 heavy (non-hydrogen) atoms. The molecule has 2 nitrogen and oxygen atoms in total. The fraction of sp³-hybridized carbons (Fsp3) is 0.240. The van der Waals surface area contributed by atoms with Crippen LogP contribution >= 0.6 is 10.5 Å². The molecule has 142 valence electrons. The summed E-state index contributed by atoms with van der Waals surface area (Å²) >= 11 is 0. The summed E-state index contributed by atoms with van der Waals surface area (Å²) in [5, 5.41) is 2.38. The Morgan fingerprint density at radius 2 is 1.57 bits per heavy atom. The number of esters is 1. The van der Waals surface area contributed by atoms with Gasteiger partial charge in [0, 0.05) is 21.2 Å². The van der Waals surface area contributed by atoms with Gasteiger partial charge in [0.2, 0.25) is 0 Å². The van der Waals surface area contributed by atoms with Crippen molar-refractivity contribution in [1.29, 1.82) is 0 Å². The van der Waals surface area contributed by atoms with E-state index in [9.17, 15) is 4.79 Å². The fourth-order valence-electron chi connectivity index (χ4n) is 3.62. The van der Waals surface area contributed by atoms with Gasteiger partial charge in [0.25, 0.3) is 0 Å². The number of fused-ring (bicyclic) bond motifs is 3. The molecule has 4 aromatic rings. The van der Waals surface area contributed by atoms with Crippen LogP contribution < -0.4 is 0 Å². The largest absolute Gasteiger partial charge is 0.462 e. The van der Waals surface area contributed by atoms with Crippen molar-refractivity contribution in [3.8, 4) is 4.90 Å². The molecule has 0 saturated carbocycles. The summed E-state index contributed by atoms with van der Waals surface area (Å²) in [7, 11) is -0.123. The lowest BCUT2D eigenvalue weighted by Crippen LogP contribution is -2.06. The average Bonchev–Trinajstić information content (AvgIpc) is 3.08. The van der Waals surface area contributed by atoms with Crippen LogP contribution in [-0.2, 0) is 4.74 Å². The third-order valence-electron chi connectivity index (χ3n) is 5.04. The number of rotatable bonds is 7. The monoisotopic (exact) mass is 389 g/mol. The van der Waals surface area contributed by atoms with Crippen LogP contribution in [0.3, 0.4) is 0 Å². The maximum Gasteiger partial charge on any atom is 0.338 e. The van der Waals surface area contributed by atoms with E-state index < -0.39 is 0 Å². The highest BCUT2D eigenvalue weighted by molar-refractivity contribution is 7.50. The van der Waals surface area contributed by atoms with Gasteiger partial charge in [-0.15, -0.1) is 0 Å². The summed E-state index contributed by atoms with van der Waals surface area (Å²) in [6, 6.07) is 25.2. The average molecular weight is 390 g/mol. The van der Waals surface area contributed by atoms with Crippen LogP contribution in [0.15, 0.2) is 72.8 Å². The first-order valence-corrected chi connectivity index (χ1v) is 11.2. The van der Waals surface area contributed by atoms with Gasteiger partial charge in [-0.1, -0.05) is 56.5 Å². The second-order valence-corrected chi connectivity index (χ2v) is 8.99. The van der Waals surface area contributed by atoms with Gasteiger partial charge < -0.3 is 4.74 Å². The first kappa shape index (κ1) is 18.7. The standard InChI is InChI=1S/C25H25O2S/c1-2-3-4-10-17-27-25(26)19-15-16-24-22(18-19)21-13-8-9-14-23(21)28(24)20-11-6-5-7-12-20/h5-9,11-16,18H,2-4,10,17H2,1H3/q+1. The van der Waals surface area contributed by atoms with Crippen molar-refractivity contribution in [3.05, 3.63) is 78.4 Å². The molecular formula is C25H25O2S+. The molecule has 3 heteroatoms. The molecule has 1 unspecified atom stereocenters. The Hall–Kier alpha value is -2.65. The number of ether oxygens (including phenoxy) is 1. The Morgan fingerprint density at radius 1 is 0.821 bits per heavy atom. The van der Waals surface area contributed by atoms with Crippen molar-refractivity contribution < 1.29 is 9.53 Å². The van der Waals surface area contributed by atoms with Gasteiger partial charge in [-0.2, -0.15) is 0 Å². The number of carbonyl (C=O) groups is 1. The van der Waals surface area contributed by atoms with Crippen LogP contribution in [-0.4, -0.2) is 12.6 Å². The second-order valence-electron chi connectivity index (χ2n) is 7.02. The lowest BCUT2D eigenvalue weighted by molar-refractivity contribution is 0.0498. The zero-order chi connectivity index (χ0) is 19.3. The zero-order valence-electron chi connectivity index (χ0n) is 16.2. The summed E-state index contributed by atoms with van der Waals surface area (Å²) < 4.78 is 8.11. The van der Waals surface area contributed by atoms with Crippen molar-refractivity contribution in [2.24, 2.45) is 0 Å². The molecule has 0 saturated heterocycles. The number of thiophene rings is 1. The van der Waals surface area contributed by atoms with E-state index in [4.69, 9.17) is 4.74 Å². The van der Waals surface area contributed by atoms with Gasteiger partial charge in [0.05, 0.1) is 12.2 Å². The highest BCUT2D eigenvalue weighted by Crippen LogP contribution is 2.48. The van der Waals surface area contributed by atoms with Gasteiger partial charge in [-0.3, -0.25) is 0 Å². The van der Waals surface area contributed by atoms with Gasteiger partial charge in [0.15, 0.2) is 14.3 Å². The smallest absolute Gasteiger partial charge is 0.338 e. The molecular weight excluding hydrogens is 364 g/mol. The second kappa shape index (κ2) is 8.57. The van der Waals surface area contributed by atoms with Crippen LogP contribution in [0.25, 0.3) is 25.1 Å². The van der Waals surface area contributed by atoms with E-state index in [1.54, 1.807) is 0 Å². The van der Waals surface area contributed by atoms with Crippen molar-refractivity contribution >= 4 is 36.6 Å². The minimum Gasteiger partial charge on any atom is -0.462 e. The SMILES string of the molecule is CCCCCCOC(=O)c1ccc2c(c1)c1ccccc1[s+]2-c1ccccc1. The third-order valence-corrected chi connectivity index (χ3v) is 7.38. The number of hydrogen-bond acceptors (Lipinski definition) is 2. The highest BCUT2D eigenvalue weighted by Gasteiger charge is 2.24. The topological polar surface area (TPSA) is 26.3 Å². The molecule has 1 atom stereocenters. The molecule has 0 fully saturated rings. The Balaban J connectivity index is 1.70. The van der Waals surface area contributed by atoms with Gasteiger partial charge >= 0.3 is 5.97 Å². The molecule has 0 spiro atoms. The van der Waals surface area contributed by atoms with Crippen molar-refractivity contribution in [3.63, 3.8) is 0 Å². The summed E-state index contributed by atoms with van der Waals surface area (Å²) in [6.45, 7) is 2.68. The van der Waals surface area contributed by atoms with Crippen LogP contribution in [0.2, 0.25) is 0 Å². The molecule has 0 bridgehead atoms. The van der Waals surface area contributed by atoms with Gasteiger partial charge in [0.1, 0.15) is 0 Å². The van der Waals surface area contributed by atoms with E-state index in [1.165, 1.54) is 32.5 Å². The number of carbonyl (C=O) groups excluding carboxylic acids is 1. The van der Waals surface area contributed by atoms with E-state index in [2.05, 4.69) is 67.6 Å². The summed E-state index contributed by atoms with van der Waals surface area (Å²) in [5.41, 5.74) is 0.641. The first-order chi connectivity index (χ1) is 13.8. The number of hydrogen-bond donors (Lipinski definition) is 0. The molecule has 0 radical (unpaired) electrons. The molecule has 0 amide bonds. The predicted molar refractivity (Wildman–Crippen MR) is 120 cm³/mol. The number of benzene rings is 3. The fourth-order valence-corrected chi connectivity index (χ4v) is 6.00. The molecule has 0 N–H and O–H groups in total. The molecule has 4 rings (SSSR count). The number of unbranched alkanes of at least 4 members (excludes halogenated alkanes) is 3. The van der Waals surface area contributed by atoms with Crippen LogP contribution in [0.5, 0.6) is 0 Å². The lowest BCUT2D eigenvalue weighted by atomic mass is 10.1. The molecule has 0 aliphatic heterocycles. The highest BCUT2D eigenvalue weighted by atomic mass is 32.2. The first-order valence-electron chi connectivity index (χ1n) is 9.99. The normalized spacial score (nSPS) is 11.8. The van der Waals surface area contributed by atoms with E-state index in [0.717, 1.165) is 18.2 Å². The maximum absolute atomic E-state index is 12.5. The zero-order valence-corrected chi connectivity index (χ0v) is 17.0. The molecule has 0 aliphatic carbocycles. The predicted octanol–water partition coefficient (Wildman–Crippen LogP) is 7.47. The Morgan fingerprint density at radius 3 is 2.39 bits per heavy atom. The maximum atomic E-state index is 12.5. The van der Waals surface area contributed by atoms with Crippen LogP contribution in [0.4, 0.5) is 0 Å². The molecule has 1 aromatic heterocycles. The molecule has 1 heterocycles. The quantitative estimate of drug-likeness (QED) is 0.186. The lowest BCUT2D eigenvalue weighted by Gasteiger charge is -2.04. The van der Waals surface area contributed by atoms with Gasteiger partial charge in [-0.05, 0) is 48.9 Å². The Kier molecular flexibility index (Phi) is 5.73. The minimum absolute atomic E-state index is 0.123. The van der Waals surface area contributed by atoms with Crippen LogP contribution in [0, 0.1) is 0 Å². The Bertz CT molecular complexity index is 1100. The van der Waals surface area contributed by atoms with Crippen molar-refractivity contribution in [2.45, 2.75) is 32.6 Å². The summed E-state index contributed by atoms with van der Waals surface area (Å²) in [5.74, 6) is -0.219. The molecule has 3 aromatic carbocycles. The summed E-state index contributed by atoms with van der Waals surface area (Å²) in [4.78, 5) is 13.8. The van der Waals surface area contributed by atoms with E-state index in [0.29, 0.717) is 12.2 Å². The minimum atomic E-state index is -0.219. The molecule has 0 aliphatic rings. The van der Waals surface area contributed by atoms with E-state index in [-0.39, 0.29) is 16.4 Å². The van der Waals surface area contributed by atoms with Gasteiger partial charge in [-0.25, -0.2) is 4.79 Å². The van der Waals surface area contributed by atoms with Crippen LogP contribution in [0.1, 0.15) is 43.0 Å². The third kappa shape index (κ3) is 3.67. The van der Waals surface area contributed by atoms with Crippen molar-refractivity contribution in [1.82, 2.24) is 0 Å². The van der Waals surface area contributed by atoms with Crippen molar-refractivity contribution in [2.75, 3.05) is 6.61 Å². The summed E-state index contributed by atoms with van der Waals surface area (Å²) in [6.07, 6.45) is 4.42.